The van der Waals surface area contributed by atoms with Gasteiger partial charge in [-0.05, 0) is 38.5 Å². The van der Waals surface area contributed by atoms with Gasteiger partial charge in [-0.25, -0.2) is 0 Å². The standard InChI is InChI=1S/C19H25N3O2S/c1-13(18-14(2)21-24-15(18)3)19(23)20-17-6-4-5-16(11-17)12-22-7-9-25-10-8-22/h4-6,11,13H,7-10,12H2,1-3H3,(H,20,23)/t13-/m1/s1. The third kappa shape index (κ3) is 4.44. The molecule has 1 aliphatic rings. The van der Waals surface area contributed by atoms with Crippen molar-refractivity contribution in [3.05, 3.63) is 46.8 Å². The maximum absolute atomic E-state index is 12.6. The van der Waals surface area contributed by atoms with Gasteiger partial charge in [0.1, 0.15) is 5.76 Å². The molecule has 1 aliphatic heterocycles. The fourth-order valence-corrected chi connectivity index (χ4v) is 4.23. The Morgan fingerprint density at radius 1 is 1.36 bits per heavy atom. The van der Waals surface area contributed by atoms with Gasteiger partial charge in [0.15, 0.2) is 0 Å². The van der Waals surface area contributed by atoms with Gasteiger partial charge in [-0.3, -0.25) is 9.69 Å². The number of hydrogen-bond acceptors (Lipinski definition) is 5. The van der Waals surface area contributed by atoms with Crippen molar-refractivity contribution in [1.82, 2.24) is 10.1 Å². The number of thioether (sulfide) groups is 1. The number of rotatable bonds is 5. The second kappa shape index (κ2) is 8.06. The highest BCUT2D eigenvalue weighted by atomic mass is 32.2. The van der Waals surface area contributed by atoms with Gasteiger partial charge in [0.2, 0.25) is 5.91 Å². The molecule has 2 aromatic rings. The zero-order valence-electron chi connectivity index (χ0n) is 15.0. The Bertz CT molecular complexity index is 719. The second-order valence-electron chi connectivity index (χ2n) is 6.54. The highest BCUT2D eigenvalue weighted by Gasteiger charge is 2.23. The molecule has 1 fully saturated rings. The molecule has 2 heterocycles. The average Bonchev–Trinajstić information content (AvgIpc) is 2.94. The summed E-state index contributed by atoms with van der Waals surface area (Å²) in [5.74, 6) is 2.77. The molecular formula is C19H25N3O2S. The van der Waals surface area contributed by atoms with Gasteiger partial charge in [0, 0.05) is 42.4 Å². The first kappa shape index (κ1) is 18.0. The minimum atomic E-state index is -0.297. The number of benzene rings is 1. The van der Waals surface area contributed by atoms with E-state index in [1.54, 1.807) is 0 Å². The third-order valence-corrected chi connectivity index (χ3v) is 5.56. The van der Waals surface area contributed by atoms with Crippen molar-refractivity contribution < 1.29 is 9.32 Å². The van der Waals surface area contributed by atoms with E-state index in [4.69, 9.17) is 4.52 Å². The number of aryl methyl sites for hydroxylation is 2. The van der Waals surface area contributed by atoms with E-state index in [0.717, 1.165) is 36.6 Å². The number of aromatic nitrogens is 1. The SMILES string of the molecule is Cc1noc(C)c1[C@@H](C)C(=O)Nc1cccc(CN2CCSCC2)c1. The van der Waals surface area contributed by atoms with Crippen molar-refractivity contribution in [1.29, 1.82) is 0 Å². The average molecular weight is 359 g/mol. The molecule has 0 radical (unpaired) electrons. The fraction of sp³-hybridized carbons (Fsp3) is 0.474. The summed E-state index contributed by atoms with van der Waals surface area (Å²) in [7, 11) is 0. The number of anilines is 1. The molecule has 1 N–H and O–H groups in total. The first-order valence-corrected chi connectivity index (χ1v) is 9.82. The van der Waals surface area contributed by atoms with Crippen LogP contribution < -0.4 is 5.32 Å². The van der Waals surface area contributed by atoms with E-state index >= 15 is 0 Å². The first-order valence-electron chi connectivity index (χ1n) is 8.67. The van der Waals surface area contributed by atoms with E-state index in [1.807, 2.05) is 44.7 Å². The summed E-state index contributed by atoms with van der Waals surface area (Å²) in [6, 6.07) is 8.13. The Balaban J connectivity index is 1.66. The van der Waals surface area contributed by atoms with Crippen LogP contribution in [-0.2, 0) is 11.3 Å². The van der Waals surface area contributed by atoms with Crippen LogP contribution in [-0.4, -0.2) is 40.6 Å². The summed E-state index contributed by atoms with van der Waals surface area (Å²) in [6.07, 6.45) is 0. The lowest BCUT2D eigenvalue weighted by molar-refractivity contribution is -0.117. The van der Waals surface area contributed by atoms with Crippen LogP contribution in [0, 0.1) is 13.8 Å². The number of carbonyl (C=O) groups is 1. The molecule has 1 atom stereocenters. The monoisotopic (exact) mass is 359 g/mol. The topological polar surface area (TPSA) is 58.4 Å². The molecule has 1 saturated heterocycles. The maximum atomic E-state index is 12.6. The summed E-state index contributed by atoms with van der Waals surface area (Å²) < 4.78 is 5.18. The smallest absolute Gasteiger partial charge is 0.231 e. The van der Waals surface area contributed by atoms with Gasteiger partial charge in [-0.1, -0.05) is 17.3 Å². The molecular weight excluding hydrogens is 334 g/mol. The molecule has 0 unspecified atom stereocenters. The lowest BCUT2D eigenvalue weighted by Gasteiger charge is -2.26. The lowest BCUT2D eigenvalue weighted by Crippen LogP contribution is -2.31. The van der Waals surface area contributed by atoms with Crippen LogP contribution in [0.3, 0.4) is 0 Å². The van der Waals surface area contributed by atoms with Crippen molar-refractivity contribution in [2.75, 3.05) is 29.9 Å². The van der Waals surface area contributed by atoms with E-state index in [-0.39, 0.29) is 11.8 Å². The summed E-state index contributed by atoms with van der Waals surface area (Å²) in [6.45, 7) is 8.79. The van der Waals surface area contributed by atoms with E-state index < -0.39 is 0 Å². The van der Waals surface area contributed by atoms with Crippen LogP contribution in [0.1, 0.15) is 35.4 Å². The summed E-state index contributed by atoms with van der Waals surface area (Å²) in [4.78, 5) is 15.1. The van der Waals surface area contributed by atoms with Crippen LogP contribution in [0.5, 0.6) is 0 Å². The Labute approximate surface area is 153 Å². The predicted octanol–water partition coefficient (Wildman–Crippen LogP) is 3.58. The molecule has 5 nitrogen and oxygen atoms in total. The summed E-state index contributed by atoms with van der Waals surface area (Å²) in [5.41, 5.74) is 3.72. The highest BCUT2D eigenvalue weighted by molar-refractivity contribution is 7.99. The Morgan fingerprint density at radius 2 is 2.12 bits per heavy atom. The molecule has 0 bridgehead atoms. The van der Waals surface area contributed by atoms with Gasteiger partial charge in [0.05, 0.1) is 11.6 Å². The van der Waals surface area contributed by atoms with Crippen LogP contribution >= 0.6 is 11.8 Å². The molecule has 1 aromatic carbocycles. The fourth-order valence-electron chi connectivity index (χ4n) is 3.25. The van der Waals surface area contributed by atoms with E-state index in [0.29, 0.717) is 5.76 Å². The molecule has 25 heavy (non-hydrogen) atoms. The van der Waals surface area contributed by atoms with E-state index in [9.17, 15) is 4.79 Å². The zero-order valence-corrected chi connectivity index (χ0v) is 15.9. The van der Waals surface area contributed by atoms with Gasteiger partial charge >= 0.3 is 0 Å². The van der Waals surface area contributed by atoms with Crippen molar-refractivity contribution in [2.45, 2.75) is 33.2 Å². The summed E-state index contributed by atoms with van der Waals surface area (Å²) >= 11 is 2.01. The van der Waals surface area contributed by atoms with Crippen LogP contribution in [0.15, 0.2) is 28.8 Å². The Hall–Kier alpha value is -1.79. The number of amides is 1. The van der Waals surface area contributed by atoms with Crippen molar-refractivity contribution in [3.63, 3.8) is 0 Å². The van der Waals surface area contributed by atoms with Gasteiger partial charge in [0.25, 0.3) is 0 Å². The van der Waals surface area contributed by atoms with Gasteiger partial charge in [-0.15, -0.1) is 0 Å². The largest absolute Gasteiger partial charge is 0.361 e. The van der Waals surface area contributed by atoms with Gasteiger partial charge < -0.3 is 9.84 Å². The highest BCUT2D eigenvalue weighted by Crippen LogP contribution is 2.25. The summed E-state index contributed by atoms with van der Waals surface area (Å²) in [5, 5.41) is 6.97. The third-order valence-electron chi connectivity index (χ3n) is 4.62. The van der Waals surface area contributed by atoms with E-state index in [1.165, 1.54) is 17.1 Å². The number of nitrogens with one attached hydrogen (secondary N) is 1. The van der Waals surface area contributed by atoms with Crippen LogP contribution in [0.2, 0.25) is 0 Å². The molecule has 0 spiro atoms. The van der Waals surface area contributed by atoms with Crippen molar-refractivity contribution in [2.24, 2.45) is 0 Å². The quantitative estimate of drug-likeness (QED) is 0.884. The predicted molar refractivity (Wildman–Crippen MR) is 102 cm³/mol. The molecule has 0 aliphatic carbocycles. The lowest BCUT2D eigenvalue weighted by atomic mass is 9.98. The molecule has 6 heteroatoms. The minimum absolute atomic E-state index is 0.0408. The van der Waals surface area contributed by atoms with Gasteiger partial charge in [-0.2, -0.15) is 11.8 Å². The van der Waals surface area contributed by atoms with Crippen LogP contribution in [0.25, 0.3) is 0 Å². The molecule has 0 saturated carbocycles. The van der Waals surface area contributed by atoms with Crippen molar-refractivity contribution in [3.8, 4) is 0 Å². The molecule has 1 amide bonds. The maximum Gasteiger partial charge on any atom is 0.231 e. The zero-order chi connectivity index (χ0) is 17.8. The minimum Gasteiger partial charge on any atom is -0.361 e. The normalized spacial score (nSPS) is 16.6. The Kier molecular flexibility index (Phi) is 5.81. The molecule has 1 aromatic heterocycles. The first-order chi connectivity index (χ1) is 12.0. The number of carbonyl (C=O) groups excluding carboxylic acids is 1. The number of hydrogen-bond donors (Lipinski definition) is 1. The van der Waals surface area contributed by atoms with Crippen LogP contribution in [0.4, 0.5) is 5.69 Å². The van der Waals surface area contributed by atoms with Crippen molar-refractivity contribution >= 4 is 23.4 Å². The molecule has 134 valence electrons. The van der Waals surface area contributed by atoms with E-state index in [2.05, 4.69) is 27.5 Å². The number of nitrogens with zero attached hydrogens (tertiary/aromatic N) is 2. The molecule has 3 rings (SSSR count). The Morgan fingerprint density at radius 3 is 2.80 bits per heavy atom. The second-order valence-corrected chi connectivity index (χ2v) is 7.76.